The van der Waals surface area contributed by atoms with Crippen LogP contribution in [0.3, 0.4) is 0 Å². The average Bonchev–Trinajstić information content (AvgIpc) is 2.36. The molecule has 0 aliphatic heterocycles. The van der Waals surface area contributed by atoms with E-state index in [9.17, 15) is 9.59 Å². The highest BCUT2D eigenvalue weighted by atomic mass is 16.5. The molecule has 0 aliphatic carbocycles. The summed E-state index contributed by atoms with van der Waals surface area (Å²) < 4.78 is 5.13. The molecule has 0 bridgehead atoms. The van der Waals surface area contributed by atoms with Crippen LogP contribution in [0.5, 0.6) is 0 Å². The molecule has 4 nitrogen and oxygen atoms in total. The van der Waals surface area contributed by atoms with Crippen LogP contribution < -0.4 is 0 Å². The summed E-state index contributed by atoms with van der Waals surface area (Å²) in [5.41, 5.74) is 0.0827. The van der Waals surface area contributed by atoms with Crippen molar-refractivity contribution in [3.8, 4) is 0 Å². The second kappa shape index (κ2) is 6.79. The van der Waals surface area contributed by atoms with Gasteiger partial charge < -0.3 is 9.84 Å². The number of esters is 1. The Morgan fingerprint density at radius 2 is 1.89 bits per heavy atom. The van der Waals surface area contributed by atoms with Gasteiger partial charge in [-0.15, -0.1) is 0 Å². The summed E-state index contributed by atoms with van der Waals surface area (Å²) >= 11 is 0. The van der Waals surface area contributed by atoms with Gasteiger partial charge in [0.2, 0.25) is 0 Å². The Hall–Kier alpha value is -1.84. The number of carbonyl (C=O) groups excluding carboxylic acids is 1. The molecule has 0 saturated heterocycles. The number of hydrogen-bond acceptors (Lipinski definition) is 3. The van der Waals surface area contributed by atoms with Crippen LogP contribution in [0.15, 0.2) is 24.3 Å². The fourth-order valence-corrected chi connectivity index (χ4v) is 1.72. The number of aromatic carboxylic acids is 1. The molecule has 1 N–H and O–H groups in total. The van der Waals surface area contributed by atoms with Gasteiger partial charge in [-0.2, -0.15) is 0 Å². The van der Waals surface area contributed by atoms with Crippen LogP contribution in [-0.4, -0.2) is 23.7 Å². The van der Waals surface area contributed by atoms with Crippen molar-refractivity contribution < 1.29 is 19.4 Å². The molecule has 4 heteroatoms. The van der Waals surface area contributed by atoms with E-state index in [0.717, 1.165) is 12.8 Å². The molecule has 1 atom stereocenters. The fraction of sp³-hybridized carbons (Fsp3) is 0.429. The second-order valence-corrected chi connectivity index (χ2v) is 4.34. The first-order valence-corrected chi connectivity index (χ1v) is 6.05. The molecule has 0 spiro atoms. The molecule has 1 aromatic carbocycles. The van der Waals surface area contributed by atoms with Gasteiger partial charge in [-0.05, 0) is 24.5 Å². The van der Waals surface area contributed by atoms with E-state index < -0.39 is 11.9 Å². The third-order valence-corrected chi connectivity index (χ3v) is 2.66. The van der Waals surface area contributed by atoms with Crippen molar-refractivity contribution in [3.63, 3.8) is 0 Å². The summed E-state index contributed by atoms with van der Waals surface area (Å²) in [5, 5.41) is 8.97. The number of rotatable bonds is 6. The Morgan fingerprint density at radius 3 is 2.44 bits per heavy atom. The molecular weight excluding hydrogens is 232 g/mol. The summed E-state index contributed by atoms with van der Waals surface area (Å²) in [5.74, 6) is -1.41. The van der Waals surface area contributed by atoms with Crippen molar-refractivity contribution in [2.75, 3.05) is 6.61 Å². The van der Waals surface area contributed by atoms with Gasteiger partial charge in [-0.1, -0.05) is 32.4 Å². The zero-order chi connectivity index (χ0) is 13.5. The van der Waals surface area contributed by atoms with Crippen molar-refractivity contribution >= 4 is 11.9 Å². The molecule has 0 saturated carbocycles. The third-order valence-electron chi connectivity index (χ3n) is 2.66. The van der Waals surface area contributed by atoms with Crippen LogP contribution >= 0.6 is 0 Å². The molecule has 0 amide bonds. The predicted octanol–water partition coefficient (Wildman–Crippen LogP) is 2.98. The highest BCUT2D eigenvalue weighted by Crippen LogP contribution is 2.12. The van der Waals surface area contributed by atoms with Crippen LogP contribution in [0.1, 0.15) is 47.4 Å². The molecule has 0 aromatic heterocycles. The quantitative estimate of drug-likeness (QED) is 0.788. The van der Waals surface area contributed by atoms with Crippen molar-refractivity contribution in [2.45, 2.75) is 26.7 Å². The largest absolute Gasteiger partial charge is 0.478 e. The van der Waals surface area contributed by atoms with Gasteiger partial charge in [0.25, 0.3) is 0 Å². The number of benzene rings is 1. The lowest BCUT2D eigenvalue weighted by Gasteiger charge is -2.11. The maximum atomic E-state index is 11.8. The van der Waals surface area contributed by atoms with Gasteiger partial charge in [0.15, 0.2) is 0 Å². The molecule has 0 aliphatic rings. The van der Waals surface area contributed by atoms with E-state index in [2.05, 4.69) is 6.92 Å². The molecule has 1 unspecified atom stereocenters. The number of hydrogen-bond donors (Lipinski definition) is 1. The van der Waals surface area contributed by atoms with Gasteiger partial charge >= 0.3 is 11.9 Å². The first kappa shape index (κ1) is 14.2. The minimum atomic E-state index is -1.12. The van der Waals surface area contributed by atoms with E-state index in [0.29, 0.717) is 6.61 Å². The molecule has 18 heavy (non-hydrogen) atoms. The lowest BCUT2D eigenvalue weighted by molar-refractivity contribution is 0.0435. The van der Waals surface area contributed by atoms with E-state index >= 15 is 0 Å². The van der Waals surface area contributed by atoms with Crippen molar-refractivity contribution in [3.05, 3.63) is 35.4 Å². The highest BCUT2D eigenvalue weighted by Gasteiger charge is 2.17. The Kier molecular flexibility index (Phi) is 5.36. The second-order valence-electron chi connectivity index (χ2n) is 4.34. The Labute approximate surface area is 107 Å². The summed E-state index contributed by atoms with van der Waals surface area (Å²) in [6.45, 7) is 4.39. The highest BCUT2D eigenvalue weighted by molar-refractivity contribution is 6.02. The van der Waals surface area contributed by atoms with Crippen molar-refractivity contribution in [2.24, 2.45) is 5.92 Å². The van der Waals surface area contributed by atoms with E-state index in [1.807, 2.05) is 6.92 Å². The lowest BCUT2D eigenvalue weighted by atomic mass is 10.1. The lowest BCUT2D eigenvalue weighted by Crippen LogP contribution is -2.15. The van der Waals surface area contributed by atoms with Gasteiger partial charge in [0.05, 0.1) is 17.7 Å². The van der Waals surface area contributed by atoms with Crippen LogP contribution in [0.25, 0.3) is 0 Å². The van der Waals surface area contributed by atoms with Crippen molar-refractivity contribution in [1.29, 1.82) is 0 Å². The van der Waals surface area contributed by atoms with Gasteiger partial charge in [0, 0.05) is 0 Å². The number of carbonyl (C=O) groups is 2. The van der Waals surface area contributed by atoms with Gasteiger partial charge in [0.1, 0.15) is 0 Å². The first-order chi connectivity index (χ1) is 8.56. The maximum absolute atomic E-state index is 11.8. The van der Waals surface area contributed by atoms with Gasteiger partial charge in [-0.3, -0.25) is 0 Å². The molecule has 1 rings (SSSR count). The third kappa shape index (κ3) is 3.87. The zero-order valence-electron chi connectivity index (χ0n) is 10.7. The summed E-state index contributed by atoms with van der Waals surface area (Å²) in [6, 6.07) is 6.07. The topological polar surface area (TPSA) is 63.6 Å². The first-order valence-electron chi connectivity index (χ1n) is 6.05. The van der Waals surface area contributed by atoms with E-state index in [1.54, 1.807) is 12.1 Å². The van der Waals surface area contributed by atoms with E-state index in [-0.39, 0.29) is 17.0 Å². The van der Waals surface area contributed by atoms with E-state index in [4.69, 9.17) is 9.84 Å². The van der Waals surface area contributed by atoms with Crippen LogP contribution in [0.2, 0.25) is 0 Å². The Bertz CT molecular complexity index is 426. The Balaban J connectivity index is 2.70. The molecule has 98 valence electrons. The SMILES string of the molecule is CCCC(C)COC(=O)c1ccccc1C(=O)O. The zero-order valence-corrected chi connectivity index (χ0v) is 10.7. The molecule has 1 aromatic rings. The molecular formula is C14H18O4. The van der Waals surface area contributed by atoms with Crippen LogP contribution in [0.4, 0.5) is 0 Å². The number of ether oxygens (including phenoxy) is 1. The molecule has 0 radical (unpaired) electrons. The Morgan fingerprint density at radius 1 is 1.28 bits per heavy atom. The summed E-state index contributed by atoms with van der Waals surface area (Å²) in [7, 11) is 0. The van der Waals surface area contributed by atoms with Crippen LogP contribution in [-0.2, 0) is 4.74 Å². The maximum Gasteiger partial charge on any atom is 0.339 e. The smallest absolute Gasteiger partial charge is 0.339 e. The minimum Gasteiger partial charge on any atom is -0.478 e. The average molecular weight is 250 g/mol. The van der Waals surface area contributed by atoms with Crippen molar-refractivity contribution in [1.82, 2.24) is 0 Å². The van der Waals surface area contributed by atoms with E-state index in [1.165, 1.54) is 12.1 Å². The predicted molar refractivity (Wildman–Crippen MR) is 67.8 cm³/mol. The summed E-state index contributed by atoms with van der Waals surface area (Å²) in [4.78, 5) is 22.8. The van der Waals surface area contributed by atoms with Gasteiger partial charge in [-0.25, -0.2) is 9.59 Å². The number of carboxylic acids is 1. The monoisotopic (exact) mass is 250 g/mol. The van der Waals surface area contributed by atoms with Crippen LogP contribution in [0, 0.1) is 5.92 Å². The minimum absolute atomic E-state index is 0.0226. The summed E-state index contributed by atoms with van der Waals surface area (Å²) in [6.07, 6.45) is 2.01. The standard InChI is InChI=1S/C14H18O4/c1-3-6-10(2)9-18-14(17)12-8-5-4-7-11(12)13(15)16/h4-5,7-8,10H,3,6,9H2,1-2H3,(H,15,16). The molecule has 0 fully saturated rings. The normalized spacial score (nSPS) is 11.9. The molecule has 0 heterocycles. The number of carboxylic acid groups (broad SMARTS) is 1. The fourth-order valence-electron chi connectivity index (χ4n) is 1.72.